The Kier molecular flexibility index (Phi) is 4.03. The zero-order chi connectivity index (χ0) is 11.2. The molecule has 2 rings (SSSR count). The highest BCUT2D eigenvalue weighted by molar-refractivity contribution is 5.47. The predicted molar refractivity (Wildman–Crippen MR) is 69.1 cm³/mol. The Bertz CT molecular complexity index is 317. The summed E-state index contributed by atoms with van der Waals surface area (Å²) < 4.78 is 0. The highest BCUT2D eigenvalue weighted by Crippen LogP contribution is 2.18. The van der Waals surface area contributed by atoms with Crippen LogP contribution in [0.4, 0.5) is 11.6 Å². The van der Waals surface area contributed by atoms with Gasteiger partial charge in [0.1, 0.15) is 11.6 Å². The maximum Gasteiger partial charge on any atom is 0.130 e. The van der Waals surface area contributed by atoms with E-state index in [-0.39, 0.29) is 0 Å². The number of anilines is 2. The lowest BCUT2D eigenvalue weighted by Gasteiger charge is -2.21. The van der Waals surface area contributed by atoms with Gasteiger partial charge in [-0.1, -0.05) is 18.9 Å². The minimum Gasteiger partial charge on any atom is -0.370 e. The van der Waals surface area contributed by atoms with Gasteiger partial charge in [-0.05, 0) is 31.9 Å². The summed E-state index contributed by atoms with van der Waals surface area (Å²) in [7, 11) is 0. The second-order valence-electron chi connectivity index (χ2n) is 4.31. The Morgan fingerprint density at radius 1 is 1.19 bits per heavy atom. The zero-order valence-corrected chi connectivity index (χ0v) is 10.1. The average Bonchev–Trinajstić information content (AvgIpc) is 2.58. The molecule has 88 valence electrons. The summed E-state index contributed by atoms with van der Waals surface area (Å²) >= 11 is 0. The Morgan fingerprint density at radius 3 is 2.62 bits per heavy atom. The molecule has 1 fully saturated rings. The van der Waals surface area contributed by atoms with Crippen molar-refractivity contribution < 1.29 is 0 Å². The molecule has 0 aromatic carbocycles. The summed E-state index contributed by atoms with van der Waals surface area (Å²) in [5, 5.41) is 3.26. The fourth-order valence-electron chi connectivity index (χ4n) is 2.18. The van der Waals surface area contributed by atoms with E-state index in [9.17, 15) is 0 Å². The molecular weight excluding hydrogens is 198 g/mol. The van der Waals surface area contributed by atoms with Crippen LogP contribution in [0.15, 0.2) is 18.2 Å². The van der Waals surface area contributed by atoms with E-state index in [0.29, 0.717) is 0 Å². The van der Waals surface area contributed by atoms with E-state index < -0.39 is 0 Å². The standard InChI is InChI=1S/C13H21N3/c1-2-14-12-8-7-9-13(15-12)16-10-5-3-4-6-11-16/h7-9H,2-6,10-11H2,1H3,(H,14,15). The van der Waals surface area contributed by atoms with Crippen molar-refractivity contribution in [2.75, 3.05) is 29.9 Å². The monoisotopic (exact) mass is 219 g/mol. The molecule has 0 atom stereocenters. The summed E-state index contributed by atoms with van der Waals surface area (Å²) in [6.07, 6.45) is 5.33. The van der Waals surface area contributed by atoms with Crippen LogP contribution in [0.2, 0.25) is 0 Å². The van der Waals surface area contributed by atoms with E-state index in [1.54, 1.807) is 0 Å². The van der Waals surface area contributed by atoms with Gasteiger partial charge in [0.2, 0.25) is 0 Å². The second-order valence-corrected chi connectivity index (χ2v) is 4.31. The summed E-state index contributed by atoms with van der Waals surface area (Å²) in [6.45, 7) is 5.34. The largest absolute Gasteiger partial charge is 0.370 e. The van der Waals surface area contributed by atoms with Crippen LogP contribution in [-0.2, 0) is 0 Å². The predicted octanol–water partition coefficient (Wildman–Crippen LogP) is 2.89. The molecule has 0 bridgehead atoms. The Balaban J connectivity index is 2.08. The molecular formula is C13H21N3. The van der Waals surface area contributed by atoms with Crippen LogP contribution in [0, 0.1) is 0 Å². The van der Waals surface area contributed by atoms with Gasteiger partial charge in [-0.3, -0.25) is 0 Å². The molecule has 0 unspecified atom stereocenters. The second kappa shape index (κ2) is 5.73. The number of hydrogen-bond donors (Lipinski definition) is 1. The molecule has 0 aliphatic carbocycles. The third kappa shape index (κ3) is 2.87. The van der Waals surface area contributed by atoms with Crippen LogP contribution in [0.1, 0.15) is 32.6 Å². The maximum absolute atomic E-state index is 4.64. The zero-order valence-electron chi connectivity index (χ0n) is 10.1. The first-order valence-electron chi connectivity index (χ1n) is 6.36. The van der Waals surface area contributed by atoms with Gasteiger partial charge in [-0.15, -0.1) is 0 Å². The summed E-state index contributed by atoms with van der Waals surface area (Å²) in [5.41, 5.74) is 0. The maximum atomic E-state index is 4.64. The van der Waals surface area contributed by atoms with Gasteiger partial charge >= 0.3 is 0 Å². The number of nitrogens with one attached hydrogen (secondary N) is 1. The highest BCUT2D eigenvalue weighted by Gasteiger charge is 2.10. The number of pyridine rings is 1. The van der Waals surface area contributed by atoms with Crippen molar-refractivity contribution in [2.45, 2.75) is 32.6 Å². The molecule has 3 heteroatoms. The van der Waals surface area contributed by atoms with Gasteiger partial charge in [-0.2, -0.15) is 0 Å². The molecule has 1 aromatic rings. The van der Waals surface area contributed by atoms with Crippen LogP contribution in [0.5, 0.6) is 0 Å². The SMILES string of the molecule is CCNc1cccc(N2CCCCCC2)n1. The third-order valence-corrected chi connectivity index (χ3v) is 3.02. The van der Waals surface area contributed by atoms with Crippen molar-refractivity contribution in [3.8, 4) is 0 Å². The lowest BCUT2D eigenvalue weighted by Crippen LogP contribution is -2.25. The van der Waals surface area contributed by atoms with Crippen molar-refractivity contribution >= 4 is 11.6 Å². The Morgan fingerprint density at radius 2 is 1.94 bits per heavy atom. The molecule has 1 aromatic heterocycles. The fourth-order valence-corrected chi connectivity index (χ4v) is 2.18. The molecule has 1 aliphatic rings. The Labute approximate surface area is 97.9 Å². The van der Waals surface area contributed by atoms with Crippen LogP contribution in [0.3, 0.4) is 0 Å². The van der Waals surface area contributed by atoms with E-state index in [1.165, 1.54) is 25.7 Å². The minimum atomic E-state index is 0.927. The molecule has 2 heterocycles. The highest BCUT2D eigenvalue weighted by atomic mass is 15.2. The van der Waals surface area contributed by atoms with Crippen molar-refractivity contribution in [1.29, 1.82) is 0 Å². The van der Waals surface area contributed by atoms with E-state index in [2.05, 4.69) is 34.3 Å². The number of aromatic nitrogens is 1. The minimum absolute atomic E-state index is 0.927. The average molecular weight is 219 g/mol. The van der Waals surface area contributed by atoms with Gasteiger partial charge in [0, 0.05) is 19.6 Å². The van der Waals surface area contributed by atoms with Gasteiger partial charge in [0.25, 0.3) is 0 Å². The number of hydrogen-bond acceptors (Lipinski definition) is 3. The Hall–Kier alpha value is -1.25. The van der Waals surface area contributed by atoms with Crippen molar-refractivity contribution in [3.05, 3.63) is 18.2 Å². The number of nitrogens with zero attached hydrogens (tertiary/aromatic N) is 2. The third-order valence-electron chi connectivity index (χ3n) is 3.02. The lowest BCUT2D eigenvalue weighted by molar-refractivity contribution is 0.726. The molecule has 0 spiro atoms. The van der Waals surface area contributed by atoms with Crippen molar-refractivity contribution in [1.82, 2.24) is 4.98 Å². The first kappa shape index (κ1) is 11.2. The normalized spacial score (nSPS) is 16.9. The van der Waals surface area contributed by atoms with E-state index in [4.69, 9.17) is 0 Å². The summed E-state index contributed by atoms with van der Waals surface area (Å²) in [4.78, 5) is 7.05. The van der Waals surface area contributed by atoms with Crippen LogP contribution in [-0.4, -0.2) is 24.6 Å². The summed E-state index contributed by atoms with van der Waals surface area (Å²) in [6, 6.07) is 6.24. The van der Waals surface area contributed by atoms with Crippen LogP contribution in [0.25, 0.3) is 0 Å². The molecule has 1 saturated heterocycles. The quantitative estimate of drug-likeness (QED) is 0.847. The van der Waals surface area contributed by atoms with Crippen molar-refractivity contribution in [2.24, 2.45) is 0 Å². The van der Waals surface area contributed by atoms with E-state index in [1.807, 2.05) is 6.07 Å². The molecule has 16 heavy (non-hydrogen) atoms. The van der Waals surface area contributed by atoms with E-state index in [0.717, 1.165) is 31.3 Å². The fraction of sp³-hybridized carbons (Fsp3) is 0.615. The molecule has 0 amide bonds. The topological polar surface area (TPSA) is 28.2 Å². The van der Waals surface area contributed by atoms with E-state index >= 15 is 0 Å². The number of rotatable bonds is 3. The molecule has 3 nitrogen and oxygen atoms in total. The van der Waals surface area contributed by atoms with Gasteiger partial charge in [-0.25, -0.2) is 4.98 Å². The summed E-state index contributed by atoms with van der Waals surface area (Å²) in [5.74, 6) is 2.12. The van der Waals surface area contributed by atoms with Crippen molar-refractivity contribution in [3.63, 3.8) is 0 Å². The van der Waals surface area contributed by atoms with Gasteiger partial charge < -0.3 is 10.2 Å². The smallest absolute Gasteiger partial charge is 0.130 e. The molecule has 1 N–H and O–H groups in total. The molecule has 0 radical (unpaired) electrons. The van der Waals surface area contributed by atoms with Crippen LogP contribution >= 0.6 is 0 Å². The first-order chi connectivity index (χ1) is 7.90. The van der Waals surface area contributed by atoms with Gasteiger partial charge in [0.15, 0.2) is 0 Å². The van der Waals surface area contributed by atoms with Gasteiger partial charge in [0.05, 0.1) is 0 Å². The lowest BCUT2D eigenvalue weighted by atomic mass is 10.2. The first-order valence-corrected chi connectivity index (χ1v) is 6.36. The molecule has 0 saturated carbocycles. The molecule has 1 aliphatic heterocycles. The van der Waals surface area contributed by atoms with Crippen LogP contribution < -0.4 is 10.2 Å².